The van der Waals surface area contributed by atoms with Crippen LogP contribution in [0.3, 0.4) is 0 Å². The van der Waals surface area contributed by atoms with Crippen LogP contribution in [0.4, 0.5) is 10.5 Å². The van der Waals surface area contributed by atoms with Gasteiger partial charge in [-0.2, -0.15) is 0 Å². The first-order chi connectivity index (χ1) is 13.1. The Morgan fingerprint density at radius 2 is 1.96 bits per heavy atom. The molecule has 1 fully saturated rings. The zero-order valence-electron chi connectivity index (χ0n) is 16.2. The lowest BCUT2D eigenvalue weighted by Gasteiger charge is -2.39. The summed E-state index contributed by atoms with van der Waals surface area (Å²) in [5.74, 6) is -0.519. The van der Waals surface area contributed by atoms with E-state index in [2.05, 4.69) is 16.7 Å². The maximum atomic E-state index is 13.0. The Labute approximate surface area is 170 Å². The largest absolute Gasteiger partial charge is 0.504 e. The van der Waals surface area contributed by atoms with Crippen LogP contribution < -0.4 is 10.6 Å². The Morgan fingerprint density at radius 1 is 1.29 bits per heavy atom. The van der Waals surface area contributed by atoms with Crippen molar-refractivity contribution in [1.82, 2.24) is 10.2 Å². The van der Waals surface area contributed by atoms with Gasteiger partial charge in [-0.1, -0.05) is 23.3 Å². The zero-order valence-corrected chi connectivity index (χ0v) is 17.8. The van der Waals surface area contributed by atoms with Crippen molar-refractivity contribution < 1.29 is 18.3 Å². The fourth-order valence-electron chi connectivity index (χ4n) is 3.65. The fourth-order valence-corrected chi connectivity index (χ4v) is 6.13. The van der Waals surface area contributed by atoms with E-state index in [9.17, 15) is 18.3 Å². The number of amides is 2. The van der Waals surface area contributed by atoms with Crippen LogP contribution in [0.25, 0.3) is 0 Å². The molecule has 0 saturated heterocycles. The topological polar surface area (TPSA) is 98.7 Å². The van der Waals surface area contributed by atoms with Crippen molar-refractivity contribution in [2.45, 2.75) is 54.8 Å². The highest BCUT2D eigenvalue weighted by Crippen LogP contribution is 2.43. The normalized spacial score (nSPS) is 24.6. The molecule has 0 aliphatic heterocycles. The van der Waals surface area contributed by atoms with Crippen LogP contribution in [0, 0.1) is 0 Å². The molecule has 1 unspecified atom stereocenters. The number of halogens is 1. The van der Waals surface area contributed by atoms with E-state index in [-0.39, 0.29) is 27.7 Å². The lowest BCUT2D eigenvalue weighted by atomic mass is 9.91. The second kappa shape index (κ2) is 7.93. The molecule has 0 aromatic heterocycles. The number of benzene rings is 1. The first kappa shape index (κ1) is 21.0. The molecule has 1 aromatic carbocycles. The van der Waals surface area contributed by atoms with Gasteiger partial charge in [0.1, 0.15) is 4.90 Å². The highest BCUT2D eigenvalue weighted by atomic mass is 35.5. The molecule has 7 nitrogen and oxygen atoms in total. The standard InChI is InChI=1S/C19H26ClN3O4S/c1-11-5-4-6-15(11)21-19(25)22-16-8-7-14(20)18(17(16)24)28(26,27)13-9-12(10-13)23(2)3/h5,7-8,12-13,15,24H,4,6,9-10H2,1-3H3,(H2,21,22,25)/t12-,13-,15?. The summed E-state index contributed by atoms with van der Waals surface area (Å²) in [4.78, 5) is 14.0. The molecular weight excluding hydrogens is 402 g/mol. The van der Waals surface area contributed by atoms with Crippen molar-refractivity contribution in [3.05, 3.63) is 28.8 Å². The van der Waals surface area contributed by atoms with Crippen molar-refractivity contribution in [3.8, 4) is 5.75 Å². The Morgan fingerprint density at radius 3 is 2.54 bits per heavy atom. The molecule has 1 atom stereocenters. The number of phenolic OH excluding ortho intramolecular Hbond substituents is 1. The smallest absolute Gasteiger partial charge is 0.319 e. The molecule has 0 heterocycles. The Balaban J connectivity index is 1.78. The second-order valence-electron chi connectivity index (χ2n) is 7.71. The van der Waals surface area contributed by atoms with Crippen LogP contribution in [0.5, 0.6) is 5.75 Å². The van der Waals surface area contributed by atoms with E-state index in [4.69, 9.17) is 11.6 Å². The number of rotatable bonds is 5. The highest BCUT2D eigenvalue weighted by Gasteiger charge is 2.42. The minimum Gasteiger partial charge on any atom is -0.504 e. The SMILES string of the molecule is CC1=CCCC1NC(=O)Nc1ccc(Cl)c(S(=O)(=O)[C@H]2C[C@H](N(C)C)C2)c1O. The van der Waals surface area contributed by atoms with E-state index in [1.165, 1.54) is 12.1 Å². The molecule has 9 heteroatoms. The van der Waals surface area contributed by atoms with Crippen molar-refractivity contribution >= 4 is 33.2 Å². The Kier molecular flexibility index (Phi) is 5.93. The number of phenols is 1. The Bertz CT molecular complexity index is 908. The lowest BCUT2D eigenvalue weighted by Crippen LogP contribution is -2.47. The molecule has 0 spiro atoms. The molecule has 0 radical (unpaired) electrons. The monoisotopic (exact) mass is 427 g/mol. The number of aromatic hydroxyl groups is 1. The molecule has 2 aliphatic rings. The van der Waals surface area contributed by atoms with Crippen LogP contribution in [-0.4, -0.2) is 55.9 Å². The summed E-state index contributed by atoms with van der Waals surface area (Å²) in [6.07, 6.45) is 4.75. The maximum absolute atomic E-state index is 13.0. The molecule has 1 saturated carbocycles. The molecule has 154 valence electrons. The molecular formula is C19H26ClN3O4S. The summed E-state index contributed by atoms with van der Waals surface area (Å²) in [5, 5.41) is 15.3. The molecule has 3 rings (SSSR count). The van der Waals surface area contributed by atoms with Gasteiger partial charge in [0.15, 0.2) is 15.6 Å². The molecule has 2 aliphatic carbocycles. The number of carbonyl (C=O) groups excluding carboxylic acids is 1. The van der Waals surface area contributed by atoms with Crippen LogP contribution in [0.1, 0.15) is 32.6 Å². The second-order valence-corrected chi connectivity index (χ2v) is 10.3. The van der Waals surface area contributed by atoms with E-state index >= 15 is 0 Å². The van der Waals surface area contributed by atoms with E-state index < -0.39 is 26.9 Å². The van der Waals surface area contributed by atoms with Gasteiger partial charge < -0.3 is 20.6 Å². The van der Waals surface area contributed by atoms with Gasteiger partial charge in [-0.15, -0.1) is 0 Å². The third-order valence-electron chi connectivity index (χ3n) is 5.63. The summed E-state index contributed by atoms with van der Waals surface area (Å²) in [6.45, 7) is 1.95. The Hall–Kier alpha value is -1.77. The van der Waals surface area contributed by atoms with Gasteiger partial charge in [0.2, 0.25) is 0 Å². The third-order valence-corrected chi connectivity index (χ3v) is 8.30. The van der Waals surface area contributed by atoms with Gasteiger partial charge in [-0.3, -0.25) is 0 Å². The number of nitrogens with zero attached hydrogens (tertiary/aromatic N) is 1. The van der Waals surface area contributed by atoms with E-state index in [0.717, 1.165) is 18.4 Å². The fraction of sp³-hybridized carbons (Fsp3) is 0.526. The minimum absolute atomic E-state index is 0.0172. The predicted octanol–water partition coefficient (Wildman–Crippen LogP) is 3.14. The number of hydrogen-bond donors (Lipinski definition) is 3. The summed E-state index contributed by atoms with van der Waals surface area (Å²) < 4.78 is 26.0. The first-order valence-electron chi connectivity index (χ1n) is 9.27. The van der Waals surface area contributed by atoms with Crippen molar-refractivity contribution in [2.24, 2.45) is 0 Å². The summed E-state index contributed by atoms with van der Waals surface area (Å²) >= 11 is 6.12. The zero-order chi connectivity index (χ0) is 20.6. The average Bonchev–Trinajstić information content (AvgIpc) is 2.92. The van der Waals surface area contributed by atoms with Gasteiger partial charge in [0.05, 0.1) is 22.0 Å². The predicted molar refractivity (Wildman–Crippen MR) is 110 cm³/mol. The molecule has 0 bridgehead atoms. The third kappa shape index (κ3) is 3.99. The van der Waals surface area contributed by atoms with Crippen molar-refractivity contribution in [2.75, 3.05) is 19.4 Å². The molecule has 1 aromatic rings. The van der Waals surface area contributed by atoms with Gasteiger partial charge in [-0.25, -0.2) is 13.2 Å². The average molecular weight is 428 g/mol. The maximum Gasteiger partial charge on any atom is 0.319 e. The molecule has 28 heavy (non-hydrogen) atoms. The quantitative estimate of drug-likeness (QED) is 0.495. The van der Waals surface area contributed by atoms with Gasteiger partial charge >= 0.3 is 6.03 Å². The summed E-state index contributed by atoms with van der Waals surface area (Å²) in [7, 11) is 0.00134. The van der Waals surface area contributed by atoms with Crippen molar-refractivity contribution in [1.29, 1.82) is 0 Å². The van der Waals surface area contributed by atoms with Crippen molar-refractivity contribution in [3.63, 3.8) is 0 Å². The number of urea groups is 1. The van der Waals surface area contributed by atoms with Crippen LogP contribution in [0.15, 0.2) is 28.7 Å². The number of nitrogens with one attached hydrogen (secondary N) is 2. The van der Waals surface area contributed by atoms with E-state index in [1.54, 1.807) is 0 Å². The number of allylic oxidation sites excluding steroid dienone is 1. The number of hydrogen-bond acceptors (Lipinski definition) is 5. The van der Waals surface area contributed by atoms with Gasteiger partial charge in [0, 0.05) is 6.04 Å². The van der Waals surface area contributed by atoms with Crippen LogP contribution >= 0.6 is 11.6 Å². The first-order valence-corrected chi connectivity index (χ1v) is 11.2. The summed E-state index contributed by atoms with van der Waals surface area (Å²) in [6, 6.07) is 2.41. The van der Waals surface area contributed by atoms with E-state index in [1.807, 2.05) is 25.9 Å². The lowest BCUT2D eigenvalue weighted by molar-refractivity contribution is 0.196. The van der Waals surface area contributed by atoms with Gasteiger partial charge in [0.25, 0.3) is 0 Å². The highest BCUT2D eigenvalue weighted by molar-refractivity contribution is 7.92. The molecule has 2 amide bonds. The summed E-state index contributed by atoms with van der Waals surface area (Å²) in [5.41, 5.74) is 1.10. The van der Waals surface area contributed by atoms with Crippen LogP contribution in [0.2, 0.25) is 5.02 Å². The van der Waals surface area contributed by atoms with Gasteiger partial charge in [-0.05, 0) is 58.8 Å². The van der Waals surface area contributed by atoms with E-state index in [0.29, 0.717) is 12.8 Å². The minimum atomic E-state index is -3.81. The number of carbonyl (C=O) groups is 1. The number of sulfone groups is 1. The van der Waals surface area contributed by atoms with Crippen LogP contribution in [-0.2, 0) is 9.84 Å². The number of anilines is 1. The molecule has 3 N–H and O–H groups in total.